The van der Waals surface area contributed by atoms with Gasteiger partial charge in [0.25, 0.3) is 5.56 Å². The predicted molar refractivity (Wildman–Crippen MR) is 151 cm³/mol. The third-order valence-electron chi connectivity index (χ3n) is 7.25. The summed E-state index contributed by atoms with van der Waals surface area (Å²) in [7, 11) is 0. The minimum atomic E-state index is -4.88. The van der Waals surface area contributed by atoms with Crippen LogP contribution in [0.3, 0.4) is 0 Å². The molecule has 0 aliphatic carbocycles. The van der Waals surface area contributed by atoms with Crippen LogP contribution in [0.4, 0.5) is 23.1 Å². The molecular formula is C28H33F3N6O4S. The summed E-state index contributed by atoms with van der Waals surface area (Å²) in [4.78, 5) is 50.2. The molecule has 3 aromatic rings. The summed E-state index contributed by atoms with van der Waals surface area (Å²) in [6.07, 6.45) is -3.76. The molecule has 2 fully saturated rings. The molecule has 0 spiro atoms. The summed E-state index contributed by atoms with van der Waals surface area (Å²) in [6, 6.07) is 8.88. The minimum absolute atomic E-state index is 0.129. The number of benzene rings is 1. The van der Waals surface area contributed by atoms with E-state index in [1.807, 2.05) is 30.3 Å². The lowest BCUT2D eigenvalue weighted by Gasteiger charge is -2.24. The number of carbonyl (C=O) groups is 2. The molecule has 1 N–H and O–H groups in total. The number of likely N-dealkylation sites (tertiary alicyclic amines) is 1. The number of hydrogen-bond donors (Lipinski definition) is 1. The molecule has 0 radical (unpaired) electrons. The highest BCUT2D eigenvalue weighted by molar-refractivity contribution is 7.21. The van der Waals surface area contributed by atoms with E-state index in [1.54, 1.807) is 25.7 Å². The van der Waals surface area contributed by atoms with Gasteiger partial charge in [-0.3, -0.25) is 14.2 Å². The first-order chi connectivity index (χ1) is 19.8. The molecule has 2 aromatic heterocycles. The van der Waals surface area contributed by atoms with Crippen LogP contribution in [0.1, 0.15) is 51.4 Å². The monoisotopic (exact) mass is 606 g/mol. The molecule has 2 saturated heterocycles. The molecule has 10 nitrogen and oxygen atoms in total. The Hall–Kier alpha value is -3.68. The standard InChI is InChI=1S/C28H33F3N6O4S/c1-27(2,3)41-26(40)35-13-11-18(15-35)16-37-23(39)20-22(34-24(37)28(29,30)31)42-25(33-20)36-12-7-10-19(36)21(38)32-14-17-8-5-4-6-9-17/h4-6,8-9,18-19H,7,10-16H2,1-3H3,(H,32,38)/t18?,19-/m1/s1. The van der Waals surface area contributed by atoms with E-state index in [2.05, 4.69) is 15.3 Å². The van der Waals surface area contributed by atoms with Gasteiger partial charge in [0.2, 0.25) is 11.7 Å². The Bertz CT molecular complexity index is 1520. The van der Waals surface area contributed by atoms with Crippen LogP contribution >= 0.6 is 11.3 Å². The normalized spacial score (nSPS) is 19.5. The van der Waals surface area contributed by atoms with Crippen molar-refractivity contribution in [3.63, 3.8) is 0 Å². The number of ether oxygens (including phenoxy) is 1. The number of anilines is 1. The van der Waals surface area contributed by atoms with E-state index in [0.29, 0.717) is 43.5 Å². The molecule has 1 aromatic carbocycles. The minimum Gasteiger partial charge on any atom is -0.444 e. The zero-order valence-corrected chi connectivity index (χ0v) is 24.4. The van der Waals surface area contributed by atoms with Gasteiger partial charge in [0, 0.05) is 32.7 Å². The first-order valence-corrected chi connectivity index (χ1v) is 14.7. The van der Waals surface area contributed by atoms with Crippen LogP contribution in [0.25, 0.3) is 10.3 Å². The zero-order chi connectivity index (χ0) is 30.2. The lowest BCUT2D eigenvalue weighted by atomic mass is 10.1. The van der Waals surface area contributed by atoms with Crippen molar-refractivity contribution in [2.75, 3.05) is 24.5 Å². The lowest BCUT2D eigenvalue weighted by molar-refractivity contribution is -0.148. The Morgan fingerprint density at radius 2 is 1.83 bits per heavy atom. The fourth-order valence-corrected chi connectivity index (χ4v) is 6.32. The van der Waals surface area contributed by atoms with Crippen molar-refractivity contribution < 1.29 is 27.5 Å². The van der Waals surface area contributed by atoms with Gasteiger partial charge in [-0.25, -0.2) is 14.8 Å². The molecule has 14 heteroatoms. The van der Waals surface area contributed by atoms with Crippen molar-refractivity contribution in [3.8, 4) is 0 Å². The second kappa shape index (κ2) is 11.5. The van der Waals surface area contributed by atoms with Gasteiger partial charge in [-0.1, -0.05) is 41.7 Å². The van der Waals surface area contributed by atoms with Crippen LogP contribution < -0.4 is 15.8 Å². The smallest absolute Gasteiger partial charge is 0.444 e. The number of carbonyl (C=O) groups excluding carboxylic acids is 2. The van der Waals surface area contributed by atoms with Gasteiger partial charge in [0.15, 0.2) is 15.5 Å². The quantitative estimate of drug-likeness (QED) is 0.443. The topological polar surface area (TPSA) is 110 Å². The Balaban J connectivity index is 1.38. The Morgan fingerprint density at radius 3 is 2.52 bits per heavy atom. The van der Waals surface area contributed by atoms with Crippen molar-refractivity contribution in [1.29, 1.82) is 0 Å². The van der Waals surface area contributed by atoms with Gasteiger partial charge >= 0.3 is 12.3 Å². The fraction of sp³-hybridized carbons (Fsp3) is 0.536. The second-order valence-corrected chi connectivity index (χ2v) is 12.6. The molecule has 4 heterocycles. The summed E-state index contributed by atoms with van der Waals surface area (Å²) in [5, 5.41) is 3.20. The molecule has 0 saturated carbocycles. The molecule has 5 rings (SSSR count). The fourth-order valence-electron chi connectivity index (χ4n) is 5.31. The number of aromatic nitrogens is 3. The van der Waals surface area contributed by atoms with Crippen LogP contribution in [-0.4, -0.2) is 62.7 Å². The maximum atomic E-state index is 14.1. The molecule has 1 unspecified atom stereocenters. The van der Waals surface area contributed by atoms with Crippen molar-refractivity contribution in [2.45, 2.75) is 70.9 Å². The summed E-state index contributed by atoms with van der Waals surface area (Å²) < 4.78 is 48.4. The van der Waals surface area contributed by atoms with E-state index < -0.39 is 41.2 Å². The van der Waals surface area contributed by atoms with Crippen LogP contribution in [-0.2, 0) is 28.8 Å². The van der Waals surface area contributed by atoms with E-state index >= 15 is 0 Å². The number of fused-ring (bicyclic) bond motifs is 1. The van der Waals surface area contributed by atoms with E-state index in [4.69, 9.17) is 4.74 Å². The number of rotatable bonds is 6. The Morgan fingerprint density at radius 1 is 1.10 bits per heavy atom. The second-order valence-electron chi connectivity index (χ2n) is 11.6. The Labute approximate surface area is 244 Å². The summed E-state index contributed by atoms with van der Waals surface area (Å²) in [5.41, 5.74) is -0.824. The predicted octanol–water partition coefficient (Wildman–Crippen LogP) is 4.41. The van der Waals surface area contributed by atoms with Crippen molar-refractivity contribution in [3.05, 3.63) is 52.1 Å². The van der Waals surface area contributed by atoms with E-state index in [9.17, 15) is 27.6 Å². The number of amides is 2. The summed E-state index contributed by atoms with van der Waals surface area (Å²) >= 11 is 0.877. The van der Waals surface area contributed by atoms with Crippen LogP contribution in [0.5, 0.6) is 0 Å². The molecule has 2 aliphatic heterocycles. The molecular weight excluding hydrogens is 573 g/mol. The number of nitrogens with one attached hydrogen (secondary N) is 1. The van der Waals surface area contributed by atoms with Crippen LogP contribution in [0.15, 0.2) is 35.1 Å². The van der Waals surface area contributed by atoms with Crippen molar-refractivity contribution in [1.82, 2.24) is 24.8 Å². The van der Waals surface area contributed by atoms with Gasteiger partial charge in [0.05, 0.1) is 0 Å². The van der Waals surface area contributed by atoms with Crippen LogP contribution in [0, 0.1) is 5.92 Å². The van der Waals surface area contributed by atoms with E-state index in [-0.39, 0.29) is 34.5 Å². The maximum Gasteiger partial charge on any atom is 0.449 e. The molecule has 2 amide bonds. The lowest BCUT2D eigenvalue weighted by Crippen LogP contribution is -2.43. The van der Waals surface area contributed by atoms with E-state index in [1.165, 1.54) is 4.90 Å². The average molecular weight is 607 g/mol. The highest BCUT2D eigenvalue weighted by Crippen LogP contribution is 2.35. The number of alkyl halides is 3. The molecule has 226 valence electrons. The number of halogens is 3. The van der Waals surface area contributed by atoms with Crippen LogP contribution in [0.2, 0.25) is 0 Å². The molecule has 42 heavy (non-hydrogen) atoms. The highest BCUT2D eigenvalue weighted by Gasteiger charge is 2.40. The van der Waals surface area contributed by atoms with E-state index in [0.717, 1.165) is 16.9 Å². The summed E-state index contributed by atoms with van der Waals surface area (Å²) in [5.74, 6) is -1.91. The first-order valence-electron chi connectivity index (χ1n) is 13.8. The Kier molecular flexibility index (Phi) is 8.19. The third kappa shape index (κ3) is 6.53. The number of hydrogen-bond acceptors (Lipinski definition) is 8. The molecule has 2 aliphatic rings. The number of thiazole rings is 1. The van der Waals surface area contributed by atoms with Crippen molar-refractivity contribution >= 4 is 38.8 Å². The van der Waals surface area contributed by atoms with Gasteiger partial charge in [-0.15, -0.1) is 0 Å². The highest BCUT2D eigenvalue weighted by atomic mass is 32.1. The van der Waals surface area contributed by atoms with Gasteiger partial charge in [-0.2, -0.15) is 13.2 Å². The maximum absolute atomic E-state index is 14.1. The SMILES string of the molecule is CC(C)(C)OC(=O)N1CCC(Cn2c(C(F)(F)F)nc3sc(N4CCC[C@@H]4C(=O)NCc4ccccc4)nc3c2=O)C1. The van der Waals surface area contributed by atoms with Gasteiger partial charge < -0.3 is 19.9 Å². The third-order valence-corrected chi connectivity index (χ3v) is 8.24. The average Bonchev–Trinajstić information content (AvgIpc) is 3.67. The summed E-state index contributed by atoms with van der Waals surface area (Å²) in [6.45, 7) is 6.23. The number of nitrogens with zero attached hydrogens (tertiary/aromatic N) is 5. The largest absolute Gasteiger partial charge is 0.449 e. The van der Waals surface area contributed by atoms with Gasteiger partial charge in [-0.05, 0) is 51.5 Å². The van der Waals surface area contributed by atoms with Crippen molar-refractivity contribution in [2.24, 2.45) is 5.92 Å². The zero-order valence-electron chi connectivity index (χ0n) is 23.6. The molecule has 2 atom stereocenters. The van der Waals surface area contributed by atoms with Gasteiger partial charge in [0.1, 0.15) is 11.6 Å². The first kappa shape index (κ1) is 29.8. The molecule has 0 bridgehead atoms.